The van der Waals surface area contributed by atoms with Gasteiger partial charge in [-0.3, -0.25) is 0 Å². The zero-order valence-corrected chi connectivity index (χ0v) is 23.1. The molecule has 1 heteroatoms. The summed E-state index contributed by atoms with van der Waals surface area (Å²) in [4.78, 5) is 0. The van der Waals surface area contributed by atoms with Crippen LogP contribution in [0.15, 0.2) is 11.6 Å². The molecule has 3 fully saturated rings. The van der Waals surface area contributed by atoms with E-state index in [4.69, 9.17) is 4.74 Å². The fourth-order valence-corrected chi connectivity index (χ4v) is 10.2. The molecule has 0 spiro atoms. The van der Waals surface area contributed by atoms with Gasteiger partial charge in [0.2, 0.25) is 0 Å². The monoisotopic (exact) mass is 442 g/mol. The summed E-state index contributed by atoms with van der Waals surface area (Å²) in [5.74, 6) is 2.62. The lowest BCUT2D eigenvalue weighted by Gasteiger charge is -2.73. The van der Waals surface area contributed by atoms with Gasteiger partial charge in [0, 0.05) is 7.11 Å². The first-order chi connectivity index (χ1) is 14.9. The minimum atomic E-state index is 0.348. The summed E-state index contributed by atoms with van der Waals surface area (Å²) in [6, 6.07) is 0. The van der Waals surface area contributed by atoms with Crippen LogP contribution in [0, 0.1) is 44.8 Å². The van der Waals surface area contributed by atoms with Gasteiger partial charge in [-0.1, -0.05) is 86.3 Å². The second-order valence-corrected chi connectivity index (χ2v) is 14.2. The minimum Gasteiger partial charge on any atom is -0.381 e. The van der Waals surface area contributed by atoms with Gasteiger partial charge in [0.15, 0.2) is 0 Å². The number of rotatable bonds is 6. The molecule has 8 atom stereocenters. The molecule has 4 aliphatic carbocycles. The predicted octanol–water partition coefficient (Wildman–Crippen LogP) is 9.21. The van der Waals surface area contributed by atoms with Crippen LogP contribution in [0.1, 0.15) is 126 Å². The van der Waals surface area contributed by atoms with E-state index in [1.807, 2.05) is 7.11 Å². The number of hydrogen-bond donors (Lipinski definition) is 0. The van der Waals surface area contributed by atoms with E-state index >= 15 is 0 Å². The second kappa shape index (κ2) is 8.13. The fourth-order valence-electron chi connectivity index (χ4n) is 10.2. The Morgan fingerprint density at radius 2 is 1.59 bits per heavy atom. The molecule has 1 nitrogen and oxygen atoms in total. The maximum atomic E-state index is 5.83. The predicted molar refractivity (Wildman–Crippen MR) is 138 cm³/mol. The molecule has 4 rings (SSSR count). The highest BCUT2D eigenvalue weighted by atomic mass is 16.5. The van der Waals surface area contributed by atoms with E-state index < -0.39 is 0 Å². The van der Waals surface area contributed by atoms with Gasteiger partial charge in [0.25, 0.3) is 0 Å². The van der Waals surface area contributed by atoms with Crippen molar-refractivity contribution in [1.29, 1.82) is 0 Å². The third kappa shape index (κ3) is 3.11. The van der Waals surface area contributed by atoms with E-state index in [9.17, 15) is 0 Å². The number of methoxy groups -OCH3 is 1. The van der Waals surface area contributed by atoms with Crippen molar-refractivity contribution >= 4 is 0 Å². The Morgan fingerprint density at radius 3 is 2.25 bits per heavy atom. The molecule has 0 saturated heterocycles. The zero-order chi connectivity index (χ0) is 23.6. The van der Waals surface area contributed by atoms with Crippen LogP contribution in [0.25, 0.3) is 0 Å². The van der Waals surface area contributed by atoms with Gasteiger partial charge < -0.3 is 4.74 Å². The van der Waals surface area contributed by atoms with Crippen molar-refractivity contribution in [3.63, 3.8) is 0 Å². The van der Waals surface area contributed by atoms with Gasteiger partial charge in [0.1, 0.15) is 0 Å². The van der Waals surface area contributed by atoms with Crippen molar-refractivity contribution in [3.05, 3.63) is 11.6 Å². The molecule has 0 heterocycles. The van der Waals surface area contributed by atoms with Crippen LogP contribution in [0.3, 0.4) is 0 Å². The van der Waals surface area contributed by atoms with E-state index in [2.05, 4.69) is 61.5 Å². The average molecular weight is 443 g/mol. The first-order valence-corrected chi connectivity index (χ1v) is 14.1. The minimum absolute atomic E-state index is 0.348. The molecule has 0 aromatic rings. The zero-order valence-electron chi connectivity index (χ0n) is 23.1. The lowest BCUT2D eigenvalue weighted by Crippen LogP contribution is -2.66. The molecule has 4 aliphatic rings. The summed E-state index contributed by atoms with van der Waals surface area (Å²) in [6.07, 6.45) is 18.1. The van der Waals surface area contributed by atoms with Crippen LogP contribution >= 0.6 is 0 Å². The van der Waals surface area contributed by atoms with Crippen LogP contribution in [-0.4, -0.2) is 13.2 Å². The average Bonchev–Trinajstić information content (AvgIpc) is 3.02. The highest BCUT2D eigenvalue weighted by Crippen LogP contribution is 2.81. The Bertz CT molecular complexity index is 737. The molecule has 0 N–H and O–H groups in total. The van der Waals surface area contributed by atoms with Crippen molar-refractivity contribution in [2.45, 2.75) is 132 Å². The molecule has 3 saturated carbocycles. The molecule has 32 heavy (non-hydrogen) atoms. The summed E-state index contributed by atoms with van der Waals surface area (Å²) < 4.78 is 5.83. The largest absolute Gasteiger partial charge is 0.381 e. The Hall–Kier alpha value is -0.300. The summed E-state index contributed by atoms with van der Waals surface area (Å²) in [7, 11) is 1.91. The normalized spacial score (nSPS) is 49.2. The van der Waals surface area contributed by atoms with Crippen LogP contribution in [0.2, 0.25) is 0 Å². The van der Waals surface area contributed by atoms with Crippen LogP contribution in [0.5, 0.6) is 0 Å². The summed E-state index contributed by atoms with van der Waals surface area (Å²) in [6.45, 7) is 20.9. The summed E-state index contributed by atoms with van der Waals surface area (Å²) in [5.41, 5.74) is 3.79. The number of fused-ring (bicyclic) bond motifs is 5. The summed E-state index contributed by atoms with van der Waals surface area (Å²) >= 11 is 0. The second-order valence-electron chi connectivity index (χ2n) is 14.2. The molecule has 184 valence electrons. The number of allylic oxidation sites excluding steroid dienone is 1. The first kappa shape index (κ1) is 24.8. The lowest BCUT2D eigenvalue weighted by molar-refractivity contribution is -0.223. The van der Waals surface area contributed by atoms with E-state index in [0.717, 1.165) is 17.8 Å². The number of ether oxygens (including phenoxy) is 1. The molecular formula is C31H54O. The molecule has 0 aliphatic heterocycles. The first-order valence-electron chi connectivity index (χ1n) is 14.1. The van der Waals surface area contributed by atoms with Crippen molar-refractivity contribution in [3.8, 4) is 0 Å². The van der Waals surface area contributed by atoms with Gasteiger partial charge in [-0.25, -0.2) is 0 Å². The maximum Gasteiger partial charge on any atom is 0.0608 e. The highest BCUT2D eigenvalue weighted by molar-refractivity contribution is 5.33. The van der Waals surface area contributed by atoms with E-state index in [-0.39, 0.29) is 0 Å². The van der Waals surface area contributed by atoms with Gasteiger partial charge in [0.05, 0.1) is 6.10 Å². The Morgan fingerprint density at radius 1 is 0.875 bits per heavy atom. The summed E-state index contributed by atoms with van der Waals surface area (Å²) in [5, 5.41) is 0. The van der Waals surface area contributed by atoms with Gasteiger partial charge in [-0.15, -0.1) is 0 Å². The third-order valence-corrected chi connectivity index (χ3v) is 13.2. The molecule has 0 amide bonds. The fraction of sp³-hybridized carbons (Fsp3) is 0.935. The molecule has 0 radical (unpaired) electrons. The lowest BCUT2D eigenvalue weighted by atomic mass is 9.31. The molecule has 0 aromatic carbocycles. The Labute approximate surface area is 200 Å². The van der Waals surface area contributed by atoms with Crippen molar-refractivity contribution < 1.29 is 4.74 Å². The SMILES string of the molecule is CO[C@H]1CC[C@@]2(C)C(=CC[C@]3(C)[C@]2(C)CC[C@]2(C)[C@@H]([C@H](C)CCCC(C)C)CC[C@@]32C)C1. The third-order valence-electron chi connectivity index (χ3n) is 13.2. The van der Waals surface area contributed by atoms with Crippen molar-refractivity contribution in [2.24, 2.45) is 44.8 Å². The highest BCUT2D eigenvalue weighted by Gasteiger charge is 2.73. The smallest absolute Gasteiger partial charge is 0.0608 e. The van der Waals surface area contributed by atoms with E-state index in [0.29, 0.717) is 33.2 Å². The molecule has 0 bridgehead atoms. The van der Waals surface area contributed by atoms with Gasteiger partial charge in [-0.05, 0) is 96.2 Å². The quantitative estimate of drug-likeness (QED) is 0.372. The maximum absolute atomic E-state index is 5.83. The molecule has 0 aromatic heterocycles. The van der Waals surface area contributed by atoms with Crippen molar-refractivity contribution in [2.75, 3.05) is 7.11 Å². The van der Waals surface area contributed by atoms with Gasteiger partial charge >= 0.3 is 0 Å². The molecule has 0 unspecified atom stereocenters. The number of hydrogen-bond acceptors (Lipinski definition) is 1. The Balaban J connectivity index is 1.65. The standard InChI is InChI=1S/C31H54O/c1-22(2)11-10-12-23(3)26-15-18-29(6)28(26,5)19-20-30(7)27(4)16-14-25(32-9)21-24(27)13-17-31(29,30)8/h13,22-23,25-26H,10-12,14-21H2,1-9H3/t23-,25+,26-,27+,28-,29-,30-,31+/m1/s1. The molecular weight excluding hydrogens is 388 g/mol. The van der Waals surface area contributed by atoms with Crippen LogP contribution in [0.4, 0.5) is 0 Å². The van der Waals surface area contributed by atoms with Crippen molar-refractivity contribution in [1.82, 2.24) is 0 Å². The Kier molecular flexibility index (Phi) is 6.31. The van der Waals surface area contributed by atoms with Gasteiger partial charge in [-0.2, -0.15) is 0 Å². The van der Waals surface area contributed by atoms with Crippen LogP contribution < -0.4 is 0 Å². The topological polar surface area (TPSA) is 9.23 Å². The van der Waals surface area contributed by atoms with E-state index in [1.165, 1.54) is 70.6 Å². The van der Waals surface area contributed by atoms with E-state index in [1.54, 1.807) is 5.57 Å². The van der Waals surface area contributed by atoms with Crippen LogP contribution in [-0.2, 0) is 4.74 Å².